The van der Waals surface area contributed by atoms with Gasteiger partial charge in [-0.05, 0) is 39.8 Å². The minimum atomic E-state index is -0.622. The first kappa shape index (κ1) is 19.1. The highest BCUT2D eigenvalue weighted by Gasteiger charge is 2.23. The molecule has 1 unspecified atom stereocenters. The summed E-state index contributed by atoms with van der Waals surface area (Å²) >= 11 is 0. The Balaban J connectivity index is 4.04. The molecular formula is C13H27NO5Si. The normalized spacial score (nSPS) is 12.6. The fraction of sp³-hybridized carbons (Fsp3) is 0.846. The average Bonchev–Trinajstić information content (AvgIpc) is 2.41. The second-order valence-electron chi connectivity index (χ2n) is 4.17. The van der Waals surface area contributed by atoms with Crippen LogP contribution in [0.4, 0.5) is 0 Å². The van der Waals surface area contributed by atoms with E-state index in [1.165, 1.54) is 0 Å². The number of rotatable bonds is 12. The predicted molar refractivity (Wildman–Crippen MR) is 79.3 cm³/mol. The number of hydrogen-bond donors (Lipinski definition) is 1. The number of carbonyl (C=O) groups is 2. The largest absolute Gasteiger partial charge is 0.466 e. The summed E-state index contributed by atoms with van der Waals surface area (Å²) in [5, 5.41) is 3.06. The number of esters is 2. The molecule has 0 heterocycles. The van der Waals surface area contributed by atoms with E-state index in [1.807, 2.05) is 6.92 Å². The van der Waals surface area contributed by atoms with E-state index in [-0.39, 0.29) is 12.4 Å². The fourth-order valence-electron chi connectivity index (χ4n) is 1.62. The highest BCUT2D eigenvalue weighted by Crippen LogP contribution is 2.00. The van der Waals surface area contributed by atoms with Gasteiger partial charge in [-0.1, -0.05) is 0 Å². The molecule has 0 spiro atoms. The molecule has 0 aromatic carbocycles. The van der Waals surface area contributed by atoms with E-state index in [0.29, 0.717) is 19.8 Å². The molecule has 0 rings (SSSR count). The Morgan fingerprint density at radius 3 is 2.40 bits per heavy atom. The second-order valence-corrected chi connectivity index (χ2v) is 5.70. The van der Waals surface area contributed by atoms with Crippen LogP contribution in [-0.4, -0.2) is 54.1 Å². The van der Waals surface area contributed by atoms with Crippen LogP contribution in [0.15, 0.2) is 0 Å². The topological polar surface area (TPSA) is 73.9 Å². The molecule has 20 heavy (non-hydrogen) atoms. The van der Waals surface area contributed by atoms with Gasteiger partial charge in [0, 0.05) is 6.61 Å². The summed E-state index contributed by atoms with van der Waals surface area (Å²) in [7, 11) is -0.440. The lowest BCUT2D eigenvalue weighted by molar-refractivity contribution is -0.152. The van der Waals surface area contributed by atoms with Crippen molar-refractivity contribution in [3.05, 3.63) is 0 Å². The van der Waals surface area contributed by atoms with Crippen LogP contribution in [0.3, 0.4) is 0 Å². The van der Waals surface area contributed by atoms with Gasteiger partial charge in [-0.3, -0.25) is 9.59 Å². The molecule has 0 aliphatic rings. The molecule has 0 bridgehead atoms. The zero-order valence-corrected chi connectivity index (χ0v) is 14.2. The summed E-state index contributed by atoms with van der Waals surface area (Å²) in [4.78, 5) is 23.2. The standard InChI is InChI=1S/C13H27NO5Si/c1-4-17-12(15)10-11(13(16)18-5-2)14-8-7-9-20-19-6-3/h11,14H,4-10,20H2,1-3H3. The second kappa shape index (κ2) is 13.1. The van der Waals surface area contributed by atoms with Crippen LogP contribution in [0.1, 0.15) is 33.6 Å². The van der Waals surface area contributed by atoms with Gasteiger partial charge in [0.25, 0.3) is 0 Å². The van der Waals surface area contributed by atoms with Gasteiger partial charge in [0.1, 0.15) is 6.04 Å². The van der Waals surface area contributed by atoms with Crippen molar-refractivity contribution in [3.8, 4) is 0 Å². The van der Waals surface area contributed by atoms with E-state index < -0.39 is 21.8 Å². The maximum absolute atomic E-state index is 11.7. The molecule has 7 heteroatoms. The first-order valence-corrected chi connectivity index (χ1v) is 8.86. The van der Waals surface area contributed by atoms with Crippen LogP contribution >= 0.6 is 0 Å². The van der Waals surface area contributed by atoms with Crippen molar-refractivity contribution in [2.45, 2.75) is 45.7 Å². The van der Waals surface area contributed by atoms with Crippen LogP contribution in [0.5, 0.6) is 0 Å². The minimum absolute atomic E-state index is 0.00949. The van der Waals surface area contributed by atoms with Crippen LogP contribution < -0.4 is 5.32 Å². The van der Waals surface area contributed by atoms with Gasteiger partial charge in [-0.25, -0.2) is 0 Å². The molecule has 0 aliphatic heterocycles. The predicted octanol–water partition coefficient (Wildman–Crippen LogP) is 0.390. The first-order valence-electron chi connectivity index (χ1n) is 7.29. The van der Waals surface area contributed by atoms with Gasteiger partial charge < -0.3 is 19.2 Å². The van der Waals surface area contributed by atoms with E-state index in [4.69, 9.17) is 13.9 Å². The molecule has 0 aromatic heterocycles. The van der Waals surface area contributed by atoms with Gasteiger partial charge in [0.05, 0.1) is 19.6 Å². The maximum Gasteiger partial charge on any atom is 0.323 e. The Hall–Kier alpha value is -0.923. The maximum atomic E-state index is 11.7. The Labute approximate surface area is 123 Å². The van der Waals surface area contributed by atoms with Crippen molar-refractivity contribution in [1.82, 2.24) is 5.32 Å². The van der Waals surface area contributed by atoms with Crippen molar-refractivity contribution in [2.75, 3.05) is 26.4 Å². The number of carbonyl (C=O) groups excluding carboxylic acids is 2. The molecule has 0 amide bonds. The number of hydrogen-bond acceptors (Lipinski definition) is 6. The van der Waals surface area contributed by atoms with Crippen LogP contribution in [0.25, 0.3) is 0 Å². The molecular weight excluding hydrogens is 278 g/mol. The van der Waals surface area contributed by atoms with E-state index in [1.54, 1.807) is 13.8 Å². The third-order valence-electron chi connectivity index (χ3n) is 2.56. The van der Waals surface area contributed by atoms with Crippen molar-refractivity contribution in [1.29, 1.82) is 0 Å². The lowest BCUT2D eigenvalue weighted by Gasteiger charge is -2.16. The summed E-state index contributed by atoms with van der Waals surface area (Å²) in [5.41, 5.74) is 0. The van der Waals surface area contributed by atoms with Crippen molar-refractivity contribution >= 4 is 21.7 Å². The lowest BCUT2D eigenvalue weighted by Crippen LogP contribution is -2.40. The van der Waals surface area contributed by atoms with Gasteiger partial charge >= 0.3 is 11.9 Å². The smallest absolute Gasteiger partial charge is 0.323 e. The SMILES string of the molecule is CCO[SiH2]CCCNC(CC(=O)OCC)C(=O)OCC. The van der Waals surface area contributed by atoms with Crippen molar-refractivity contribution in [3.63, 3.8) is 0 Å². The zero-order chi connectivity index (χ0) is 15.2. The van der Waals surface area contributed by atoms with Crippen LogP contribution in [-0.2, 0) is 23.5 Å². The molecule has 0 saturated carbocycles. The van der Waals surface area contributed by atoms with Crippen LogP contribution in [0.2, 0.25) is 6.04 Å². The zero-order valence-electron chi connectivity index (χ0n) is 12.8. The van der Waals surface area contributed by atoms with Crippen molar-refractivity contribution in [2.24, 2.45) is 0 Å². The molecule has 1 N–H and O–H groups in total. The van der Waals surface area contributed by atoms with Crippen molar-refractivity contribution < 1.29 is 23.5 Å². The highest BCUT2D eigenvalue weighted by molar-refractivity contribution is 6.26. The quantitative estimate of drug-likeness (QED) is 0.319. The molecule has 0 aliphatic carbocycles. The minimum Gasteiger partial charge on any atom is -0.466 e. The molecule has 0 saturated heterocycles. The summed E-state index contributed by atoms with van der Waals surface area (Å²) in [6.45, 7) is 7.53. The highest BCUT2D eigenvalue weighted by atomic mass is 28.2. The van der Waals surface area contributed by atoms with E-state index in [0.717, 1.165) is 19.1 Å². The molecule has 0 aromatic rings. The lowest BCUT2D eigenvalue weighted by atomic mass is 10.2. The summed E-state index contributed by atoms with van der Waals surface area (Å²) in [5.74, 6) is -0.788. The Morgan fingerprint density at radius 2 is 1.80 bits per heavy atom. The van der Waals surface area contributed by atoms with E-state index >= 15 is 0 Å². The first-order chi connectivity index (χ1) is 9.65. The number of ether oxygens (including phenoxy) is 2. The van der Waals surface area contributed by atoms with Gasteiger partial charge in [0.15, 0.2) is 9.76 Å². The Bertz CT molecular complexity index is 275. The van der Waals surface area contributed by atoms with Gasteiger partial charge in [-0.2, -0.15) is 0 Å². The molecule has 6 nitrogen and oxygen atoms in total. The summed E-state index contributed by atoms with van der Waals surface area (Å²) in [6, 6.07) is 0.429. The van der Waals surface area contributed by atoms with Crippen LogP contribution in [0, 0.1) is 0 Å². The van der Waals surface area contributed by atoms with E-state index in [2.05, 4.69) is 5.32 Å². The average molecular weight is 305 g/mol. The molecule has 0 radical (unpaired) electrons. The number of nitrogens with one attached hydrogen (secondary N) is 1. The van der Waals surface area contributed by atoms with Gasteiger partial charge in [0.2, 0.25) is 0 Å². The monoisotopic (exact) mass is 305 g/mol. The Morgan fingerprint density at radius 1 is 1.10 bits per heavy atom. The fourth-order valence-corrected chi connectivity index (χ4v) is 2.56. The molecule has 1 atom stereocenters. The molecule has 118 valence electrons. The van der Waals surface area contributed by atoms with E-state index in [9.17, 15) is 9.59 Å². The van der Waals surface area contributed by atoms with Gasteiger partial charge in [-0.15, -0.1) is 0 Å². The molecule has 0 fully saturated rings. The third-order valence-corrected chi connectivity index (χ3v) is 4.04. The summed E-state index contributed by atoms with van der Waals surface area (Å²) in [6.07, 6.45) is 0.945. The third kappa shape index (κ3) is 9.94. The summed E-state index contributed by atoms with van der Waals surface area (Å²) < 4.78 is 15.2. The Kier molecular flexibility index (Phi) is 12.5.